The number of nitrogens with zero attached hydrogens (tertiary/aromatic N) is 1. The van der Waals surface area contributed by atoms with Crippen LogP contribution in [-0.4, -0.2) is 37.6 Å². The molecule has 0 aliphatic heterocycles. The first-order valence-corrected chi connectivity index (χ1v) is 4.19. The number of halogens is 1. The second-order valence-electron chi connectivity index (χ2n) is 2.02. The van der Waals surface area contributed by atoms with E-state index in [-0.39, 0.29) is 0 Å². The third kappa shape index (κ3) is 6.32. The lowest BCUT2D eigenvalue weighted by atomic mass is 10.7. The van der Waals surface area contributed by atoms with Gasteiger partial charge in [0.05, 0.1) is 13.3 Å². The van der Waals surface area contributed by atoms with E-state index < -0.39 is 0 Å². The van der Waals surface area contributed by atoms with Crippen molar-refractivity contribution in [3.8, 4) is 0 Å². The number of hydrogen-bond donors (Lipinski definition) is 0. The fourth-order valence-corrected chi connectivity index (χ4v) is 0.583. The number of hydrogen-bond acceptors (Lipinski definition) is 3. The Morgan fingerprint density at radius 3 is 2.80 bits per heavy atom. The van der Waals surface area contributed by atoms with Crippen molar-refractivity contribution in [2.45, 2.75) is 6.92 Å². The Hall–Kier alpha value is 0.200. The summed E-state index contributed by atoms with van der Waals surface area (Å²) in [5.41, 5.74) is 0. The van der Waals surface area contributed by atoms with Crippen LogP contribution in [0.15, 0.2) is 0 Å². The summed E-state index contributed by atoms with van der Waals surface area (Å²) in [5.74, 6) is 0.428. The SMILES string of the molecule is CCN(C)COCCSF. The summed E-state index contributed by atoms with van der Waals surface area (Å²) in [4.78, 5) is 2.02. The summed E-state index contributed by atoms with van der Waals surface area (Å²) >= 11 is 0.317. The molecule has 0 aromatic carbocycles. The highest BCUT2D eigenvalue weighted by atomic mass is 32.2. The normalized spacial score (nSPS) is 10.8. The molecule has 0 heterocycles. The quantitative estimate of drug-likeness (QED) is 0.440. The molecule has 0 saturated carbocycles. The van der Waals surface area contributed by atoms with Gasteiger partial charge in [-0.3, -0.25) is 4.90 Å². The Bertz CT molecular complexity index is 74.8. The lowest BCUT2D eigenvalue weighted by Gasteiger charge is -2.12. The predicted molar refractivity (Wildman–Crippen MR) is 42.7 cm³/mol. The second kappa shape index (κ2) is 7.31. The third-order valence-electron chi connectivity index (χ3n) is 1.16. The van der Waals surface area contributed by atoms with Crippen LogP contribution in [0.3, 0.4) is 0 Å². The van der Waals surface area contributed by atoms with E-state index in [1.165, 1.54) is 0 Å². The van der Waals surface area contributed by atoms with Gasteiger partial charge < -0.3 is 4.74 Å². The van der Waals surface area contributed by atoms with Crippen molar-refractivity contribution >= 4 is 12.1 Å². The first-order chi connectivity index (χ1) is 4.81. The van der Waals surface area contributed by atoms with Crippen LogP contribution in [0.5, 0.6) is 0 Å². The average molecular weight is 167 g/mol. The van der Waals surface area contributed by atoms with Crippen LogP contribution in [-0.2, 0) is 4.74 Å². The maximum absolute atomic E-state index is 11.4. The summed E-state index contributed by atoms with van der Waals surface area (Å²) in [7, 11) is 1.96. The maximum Gasteiger partial charge on any atom is 0.0988 e. The number of ether oxygens (including phenoxy) is 1. The molecule has 0 N–H and O–H groups in total. The lowest BCUT2D eigenvalue weighted by Crippen LogP contribution is -2.21. The van der Waals surface area contributed by atoms with E-state index in [2.05, 4.69) is 0 Å². The molecule has 4 heteroatoms. The van der Waals surface area contributed by atoms with Crippen molar-refractivity contribution in [1.29, 1.82) is 0 Å². The van der Waals surface area contributed by atoms with Crippen LogP contribution >= 0.6 is 12.1 Å². The van der Waals surface area contributed by atoms with Crippen LogP contribution in [0.4, 0.5) is 3.89 Å². The van der Waals surface area contributed by atoms with Gasteiger partial charge in [0.15, 0.2) is 0 Å². The van der Waals surface area contributed by atoms with Crippen LogP contribution in [0.2, 0.25) is 0 Å². The lowest BCUT2D eigenvalue weighted by molar-refractivity contribution is 0.0552. The monoisotopic (exact) mass is 167 g/mol. The van der Waals surface area contributed by atoms with Gasteiger partial charge in [-0.05, 0) is 13.6 Å². The van der Waals surface area contributed by atoms with E-state index in [0.29, 0.717) is 31.2 Å². The Balaban J connectivity index is 2.89. The van der Waals surface area contributed by atoms with Gasteiger partial charge in [0.1, 0.15) is 0 Å². The predicted octanol–water partition coefficient (Wildman–Crippen LogP) is 1.53. The van der Waals surface area contributed by atoms with E-state index >= 15 is 0 Å². The molecular weight excluding hydrogens is 153 g/mol. The zero-order chi connectivity index (χ0) is 7.82. The van der Waals surface area contributed by atoms with Crippen LogP contribution in [0, 0.1) is 0 Å². The summed E-state index contributed by atoms with van der Waals surface area (Å²) < 4.78 is 16.5. The van der Waals surface area contributed by atoms with Gasteiger partial charge in [-0.1, -0.05) is 6.92 Å². The smallest absolute Gasteiger partial charge is 0.0988 e. The molecule has 62 valence electrons. The summed E-state index contributed by atoms with van der Waals surface area (Å²) in [5, 5.41) is 0. The van der Waals surface area contributed by atoms with E-state index in [1.54, 1.807) is 0 Å². The average Bonchev–Trinajstić information content (AvgIpc) is 1.98. The van der Waals surface area contributed by atoms with Crippen molar-refractivity contribution in [1.82, 2.24) is 4.90 Å². The minimum Gasteiger partial charge on any atom is -0.365 e. The largest absolute Gasteiger partial charge is 0.365 e. The Morgan fingerprint density at radius 2 is 2.30 bits per heavy atom. The summed E-state index contributed by atoms with van der Waals surface area (Å²) in [6.07, 6.45) is 0. The van der Waals surface area contributed by atoms with Crippen LogP contribution < -0.4 is 0 Å². The van der Waals surface area contributed by atoms with Crippen molar-refractivity contribution in [3.05, 3.63) is 0 Å². The molecule has 10 heavy (non-hydrogen) atoms. The fourth-order valence-electron chi connectivity index (χ4n) is 0.402. The highest BCUT2D eigenvalue weighted by Gasteiger charge is 1.92. The molecule has 0 bridgehead atoms. The Labute approximate surface area is 66.0 Å². The molecule has 0 amide bonds. The molecule has 0 aromatic heterocycles. The van der Waals surface area contributed by atoms with E-state index in [1.807, 2.05) is 18.9 Å². The molecule has 0 saturated heterocycles. The molecule has 0 radical (unpaired) electrons. The summed E-state index contributed by atoms with van der Waals surface area (Å²) in [6, 6.07) is 0. The zero-order valence-corrected chi connectivity index (χ0v) is 7.29. The topological polar surface area (TPSA) is 12.5 Å². The molecule has 0 aliphatic rings. The Morgan fingerprint density at radius 1 is 1.60 bits per heavy atom. The first-order valence-electron chi connectivity index (χ1n) is 3.31. The van der Waals surface area contributed by atoms with Gasteiger partial charge in [0.25, 0.3) is 0 Å². The highest BCUT2D eigenvalue weighted by Crippen LogP contribution is 1.98. The van der Waals surface area contributed by atoms with Crippen LogP contribution in [0.25, 0.3) is 0 Å². The highest BCUT2D eigenvalue weighted by molar-refractivity contribution is 7.94. The molecule has 0 atom stereocenters. The molecule has 0 aromatic rings. The molecule has 0 fully saturated rings. The van der Waals surface area contributed by atoms with Crippen molar-refractivity contribution in [2.75, 3.05) is 32.7 Å². The molecule has 0 rings (SSSR count). The minimum absolute atomic E-state index is 0.317. The van der Waals surface area contributed by atoms with E-state index in [4.69, 9.17) is 4.74 Å². The summed E-state index contributed by atoms with van der Waals surface area (Å²) in [6.45, 7) is 4.10. The van der Waals surface area contributed by atoms with Gasteiger partial charge in [-0.25, -0.2) is 0 Å². The van der Waals surface area contributed by atoms with E-state index in [9.17, 15) is 3.89 Å². The van der Waals surface area contributed by atoms with Gasteiger partial charge in [-0.2, -0.15) is 3.89 Å². The van der Waals surface area contributed by atoms with Gasteiger partial charge in [0.2, 0.25) is 0 Å². The Kier molecular flexibility index (Phi) is 7.45. The molecule has 0 aliphatic carbocycles. The maximum atomic E-state index is 11.4. The van der Waals surface area contributed by atoms with Gasteiger partial charge in [0, 0.05) is 17.9 Å². The molecular formula is C6H14FNOS. The second-order valence-corrected chi connectivity index (χ2v) is 2.65. The standard InChI is InChI=1S/C6H14FNOS/c1-3-8(2)6-9-4-5-10-7/h3-6H2,1-2H3. The van der Waals surface area contributed by atoms with Gasteiger partial charge >= 0.3 is 0 Å². The van der Waals surface area contributed by atoms with Crippen molar-refractivity contribution in [2.24, 2.45) is 0 Å². The molecule has 0 spiro atoms. The van der Waals surface area contributed by atoms with E-state index in [0.717, 1.165) is 6.54 Å². The minimum atomic E-state index is 0.317. The van der Waals surface area contributed by atoms with Gasteiger partial charge in [-0.15, -0.1) is 0 Å². The zero-order valence-electron chi connectivity index (χ0n) is 6.47. The van der Waals surface area contributed by atoms with Crippen molar-refractivity contribution < 1.29 is 8.62 Å². The third-order valence-corrected chi connectivity index (χ3v) is 1.48. The van der Waals surface area contributed by atoms with Crippen LogP contribution in [0.1, 0.15) is 6.92 Å². The molecule has 0 unspecified atom stereocenters. The fraction of sp³-hybridized carbons (Fsp3) is 1.00. The first kappa shape index (κ1) is 10.2. The van der Waals surface area contributed by atoms with Crippen molar-refractivity contribution in [3.63, 3.8) is 0 Å². The number of rotatable bonds is 6. The molecule has 2 nitrogen and oxygen atoms in total.